The van der Waals surface area contributed by atoms with Crippen LogP contribution >= 0.6 is 0 Å². The highest BCUT2D eigenvalue weighted by atomic mass is 16.5. The topological polar surface area (TPSA) is 33.3 Å². The first-order valence-electron chi connectivity index (χ1n) is 6.32. The second-order valence-electron chi connectivity index (χ2n) is 3.94. The van der Waals surface area contributed by atoms with Gasteiger partial charge in [-0.05, 0) is 45.8 Å². The van der Waals surface area contributed by atoms with Crippen LogP contribution in [0.2, 0.25) is 0 Å². The third kappa shape index (κ3) is 10.2. The molecular formula is C12H28N2O. The fourth-order valence-electron chi connectivity index (χ4n) is 1.50. The normalized spacial score (nSPS) is 19.8. The first-order valence-corrected chi connectivity index (χ1v) is 6.32. The summed E-state index contributed by atoms with van der Waals surface area (Å²) in [6, 6.07) is 0. The summed E-state index contributed by atoms with van der Waals surface area (Å²) in [7, 11) is 1.96. The average Bonchev–Trinajstić information content (AvgIpc) is 2.73. The second-order valence-corrected chi connectivity index (χ2v) is 3.94. The maximum absolute atomic E-state index is 5.44. The molecule has 0 aromatic rings. The molecular weight excluding hydrogens is 188 g/mol. The van der Waals surface area contributed by atoms with Gasteiger partial charge in [-0.25, -0.2) is 0 Å². The van der Waals surface area contributed by atoms with E-state index in [-0.39, 0.29) is 0 Å². The molecule has 0 radical (unpaired) electrons. The van der Waals surface area contributed by atoms with Gasteiger partial charge in [-0.15, -0.1) is 0 Å². The number of ether oxygens (including phenoxy) is 1. The molecule has 15 heavy (non-hydrogen) atoms. The highest BCUT2D eigenvalue weighted by molar-refractivity contribution is 4.66. The minimum atomic E-state index is 0.506. The molecule has 0 aliphatic carbocycles. The Morgan fingerprint density at radius 1 is 1.20 bits per heavy atom. The third-order valence-electron chi connectivity index (χ3n) is 2.32. The highest BCUT2D eigenvalue weighted by Gasteiger charge is 2.13. The van der Waals surface area contributed by atoms with Gasteiger partial charge < -0.3 is 15.4 Å². The van der Waals surface area contributed by atoms with E-state index in [4.69, 9.17) is 4.74 Å². The van der Waals surface area contributed by atoms with Crippen molar-refractivity contribution in [1.82, 2.24) is 10.6 Å². The molecule has 1 saturated heterocycles. The van der Waals surface area contributed by atoms with Crippen molar-refractivity contribution < 1.29 is 4.74 Å². The largest absolute Gasteiger partial charge is 0.377 e. The van der Waals surface area contributed by atoms with Crippen LogP contribution in [0.1, 0.15) is 39.5 Å². The van der Waals surface area contributed by atoms with Gasteiger partial charge in [-0.2, -0.15) is 0 Å². The summed E-state index contributed by atoms with van der Waals surface area (Å²) in [4.78, 5) is 0. The summed E-state index contributed by atoms with van der Waals surface area (Å²) in [6.45, 7) is 8.62. The molecule has 1 rings (SSSR count). The van der Waals surface area contributed by atoms with E-state index in [1.54, 1.807) is 0 Å². The number of hydrogen-bond acceptors (Lipinski definition) is 3. The molecule has 92 valence electrons. The van der Waals surface area contributed by atoms with E-state index in [0.29, 0.717) is 6.10 Å². The smallest absolute Gasteiger partial charge is 0.0700 e. The van der Waals surface area contributed by atoms with Gasteiger partial charge in [-0.1, -0.05) is 13.8 Å². The lowest BCUT2D eigenvalue weighted by molar-refractivity contribution is 0.110. The summed E-state index contributed by atoms with van der Waals surface area (Å²) in [5, 5.41) is 6.37. The molecule has 0 bridgehead atoms. The third-order valence-corrected chi connectivity index (χ3v) is 2.32. The Hall–Kier alpha value is -0.120. The van der Waals surface area contributed by atoms with Crippen LogP contribution in [0, 0.1) is 0 Å². The van der Waals surface area contributed by atoms with Crippen molar-refractivity contribution in [2.45, 2.75) is 45.6 Å². The van der Waals surface area contributed by atoms with E-state index in [2.05, 4.69) is 24.5 Å². The van der Waals surface area contributed by atoms with Crippen LogP contribution in [0.4, 0.5) is 0 Å². The van der Waals surface area contributed by atoms with Crippen molar-refractivity contribution in [2.75, 3.05) is 33.3 Å². The summed E-state index contributed by atoms with van der Waals surface area (Å²) in [5.41, 5.74) is 0. The predicted molar refractivity (Wildman–Crippen MR) is 66.4 cm³/mol. The van der Waals surface area contributed by atoms with Gasteiger partial charge >= 0.3 is 0 Å². The lowest BCUT2D eigenvalue weighted by Gasteiger charge is -2.08. The van der Waals surface area contributed by atoms with Gasteiger partial charge in [0.2, 0.25) is 0 Å². The molecule has 0 saturated carbocycles. The summed E-state index contributed by atoms with van der Waals surface area (Å²) in [6.07, 6.45) is 5.45. The Balaban J connectivity index is 0.000000336. The highest BCUT2D eigenvalue weighted by Crippen LogP contribution is 2.10. The fourth-order valence-corrected chi connectivity index (χ4v) is 1.50. The van der Waals surface area contributed by atoms with Gasteiger partial charge in [0.15, 0.2) is 0 Å². The zero-order valence-corrected chi connectivity index (χ0v) is 10.6. The molecule has 3 nitrogen and oxygen atoms in total. The van der Waals surface area contributed by atoms with Gasteiger partial charge in [0.1, 0.15) is 0 Å². The van der Waals surface area contributed by atoms with Crippen molar-refractivity contribution >= 4 is 0 Å². The van der Waals surface area contributed by atoms with E-state index in [1.165, 1.54) is 25.7 Å². The number of rotatable bonds is 6. The van der Waals surface area contributed by atoms with Crippen LogP contribution < -0.4 is 10.6 Å². The Labute approximate surface area is 95.0 Å². The molecule has 1 atom stereocenters. The molecule has 1 heterocycles. The van der Waals surface area contributed by atoms with E-state index in [9.17, 15) is 0 Å². The molecule has 1 unspecified atom stereocenters. The zero-order chi connectivity index (χ0) is 11.4. The van der Waals surface area contributed by atoms with Crippen LogP contribution in [0.3, 0.4) is 0 Å². The molecule has 0 spiro atoms. The van der Waals surface area contributed by atoms with Gasteiger partial charge in [0, 0.05) is 13.2 Å². The lowest BCUT2D eigenvalue weighted by Crippen LogP contribution is -2.26. The first-order chi connectivity index (χ1) is 7.35. The number of nitrogens with one attached hydrogen (secondary N) is 2. The van der Waals surface area contributed by atoms with Crippen LogP contribution in [-0.2, 0) is 4.74 Å². The average molecular weight is 216 g/mol. The minimum Gasteiger partial charge on any atom is -0.377 e. The van der Waals surface area contributed by atoms with E-state index < -0.39 is 0 Å². The van der Waals surface area contributed by atoms with Gasteiger partial charge in [0.05, 0.1) is 6.10 Å². The van der Waals surface area contributed by atoms with E-state index in [1.807, 2.05) is 7.05 Å². The Morgan fingerprint density at radius 3 is 2.33 bits per heavy atom. The first kappa shape index (κ1) is 14.9. The van der Waals surface area contributed by atoms with Crippen molar-refractivity contribution in [2.24, 2.45) is 0 Å². The van der Waals surface area contributed by atoms with Crippen molar-refractivity contribution in [1.29, 1.82) is 0 Å². The van der Waals surface area contributed by atoms with E-state index >= 15 is 0 Å². The van der Waals surface area contributed by atoms with Gasteiger partial charge in [-0.3, -0.25) is 0 Å². The fraction of sp³-hybridized carbons (Fsp3) is 1.00. The predicted octanol–water partition coefficient (Wildman–Crippen LogP) is 1.78. The van der Waals surface area contributed by atoms with Gasteiger partial charge in [0.25, 0.3) is 0 Å². The maximum atomic E-state index is 5.44. The molecule has 1 aliphatic rings. The zero-order valence-electron chi connectivity index (χ0n) is 10.6. The molecule has 3 heteroatoms. The molecule has 0 aromatic carbocycles. The summed E-state index contributed by atoms with van der Waals surface area (Å²) >= 11 is 0. The summed E-state index contributed by atoms with van der Waals surface area (Å²) in [5.74, 6) is 0. The maximum Gasteiger partial charge on any atom is 0.0700 e. The van der Waals surface area contributed by atoms with Crippen LogP contribution in [0.15, 0.2) is 0 Å². The van der Waals surface area contributed by atoms with Crippen LogP contribution in [0.25, 0.3) is 0 Å². The van der Waals surface area contributed by atoms with Crippen LogP contribution in [-0.4, -0.2) is 39.4 Å². The molecule has 0 amide bonds. The standard InChI is InChI=1S/C8H17NO.C4H11N/c1-2-5-9-7-8-4-3-6-10-8;1-3-4-5-2/h8-9H,2-7H2,1H3;5H,3-4H2,1-2H3. The molecule has 0 aromatic heterocycles. The second kappa shape index (κ2) is 12.0. The van der Waals surface area contributed by atoms with Crippen LogP contribution in [0.5, 0.6) is 0 Å². The lowest BCUT2D eigenvalue weighted by atomic mass is 10.2. The monoisotopic (exact) mass is 216 g/mol. The quantitative estimate of drug-likeness (QED) is 0.664. The Bertz CT molecular complexity index is 112. The SMILES string of the molecule is CCCNC.CCCNCC1CCCO1. The minimum absolute atomic E-state index is 0.506. The van der Waals surface area contributed by atoms with E-state index in [0.717, 1.165) is 26.2 Å². The molecule has 1 fully saturated rings. The molecule has 1 aliphatic heterocycles. The number of hydrogen-bond donors (Lipinski definition) is 2. The Morgan fingerprint density at radius 2 is 1.93 bits per heavy atom. The van der Waals surface area contributed by atoms with Crippen molar-refractivity contribution in [3.8, 4) is 0 Å². The molecule has 2 N–H and O–H groups in total. The summed E-state index contributed by atoms with van der Waals surface area (Å²) < 4.78 is 5.44. The van der Waals surface area contributed by atoms with Crippen molar-refractivity contribution in [3.05, 3.63) is 0 Å². The Kier molecular flexibility index (Phi) is 11.9. The van der Waals surface area contributed by atoms with Crippen molar-refractivity contribution in [3.63, 3.8) is 0 Å².